The standard InChI is InChI=1S/C26H26ClFN2O3/c1-18-14-22(12-13-23(18)27)33-17-25(31)30(16-20-8-10-21(28)11-9-20)24(26(32)29-2)15-19-6-4-3-5-7-19/h3-14,24H,15-17H2,1-2H3,(H,29,32)/t24-/m1/s1. The summed E-state index contributed by atoms with van der Waals surface area (Å²) in [6.45, 7) is 1.72. The Morgan fingerprint density at radius 2 is 1.73 bits per heavy atom. The smallest absolute Gasteiger partial charge is 0.261 e. The summed E-state index contributed by atoms with van der Waals surface area (Å²) in [5.41, 5.74) is 2.45. The molecule has 0 saturated heterocycles. The molecule has 0 aliphatic heterocycles. The first kappa shape index (κ1) is 24.3. The van der Waals surface area contributed by atoms with Gasteiger partial charge in [-0.05, 0) is 53.9 Å². The third-order valence-electron chi connectivity index (χ3n) is 5.28. The van der Waals surface area contributed by atoms with E-state index in [-0.39, 0.29) is 30.8 Å². The highest BCUT2D eigenvalue weighted by atomic mass is 35.5. The number of halogens is 2. The Bertz CT molecular complexity index is 1090. The summed E-state index contributed by atoms with van der Waals surface area (Å²) in [6.07, 6.45) is 0.327. The van der Waals surface area contributed by atoms with Crippen molar-refractivity contribution < 1.29 is 18.7 Å². The van der Waals surface area contributed by atoms with E-state index in [1.165, 1.54) is 24.1 Å². The Kier molecular flexibility index (Phi) is 8.44. The molecule has 1 N–H and O–H groups in total. The molecule has 0 spiro atoms. The normalized spacial score (nSPS) is 11.5. The van der Waals surface area contributed by atoms with Crippen LogP contribution in [0.5, 0.6) is 5.75 Å². The molecule has 0 aliphatic rings. The predicted molar refractivity (Wildman–Crippen MR) is 127 cm³/mol. The van der Waals surface area contributed by atoms with E-state index in [9.17, 15) is 14.0 Å². The molecule has 33 heavy (non-hydrogen) atoms. The van der Waals surface area contributed by atoms with E-state index in [1.807, 2.05) is 37.3 Å². The lowest BCUT2D eigenvalue weighted by Crippen LogP contribution is -2.51. The van der Waals surface area contributed by atoms with Gasteiger partial charge in [-0.15, -0.1) is 0 Å². The number of nitrogens with zero attached hydrogens (tertiary/aromatic N) is 1. The molecular formula is C26H26ClFN2O3. The van der Waals surface area contributed by atoms with Gasteiger partial charge < -0.3 is 15.0 Å². The lowest BCUT2D eigenvalue weighted by molar-refractivity contribution is -0.142. The Morgan fingerprint density at radius 1 is 1.03 bits per heavy atom. The van der Waals surface area contributed by atoms with Crippen LogP contribution in [0.25, 0.3) is 0 Å². The molecule has 0 heterocycles. The number of benzene rings is 3. The first-order chi connectivity index (χ1) is 15.9. The van der Waals surface area contributed by atoms with Crippen molar-refractivity contribution in [3.8, 4) is 5.75 Å². The van der Waals surface area contributed by atoms with Gasteiger partial charge in [-0.3, -0.25) is 9.59 Å². The average Bonchev–Trinajstić information content (AvgIpc) is 2.83. The van der Waals surface area contributed by atoms with Gasteiger partial charge in [0.05, 0.1) is 0 Å². The van der Waals surface area contributed by atoms with Crippen molar-refractivity contribution in [1.29, 1.82) is 0 Å². The van der Waals surface area contributed by atoms with Crippen LogP contribution < -0.4 is 10.1 Å². The zero-order chi connectivity index (χ0) is 23.8. The summed E-state index contributed by atoms with van der Waals surface area (Å²) in [5, 5.41) is 3.26. The second-order valence-corrected chi connectivity index (χ2v) is 8.07. The van der Waals surface area contributed by atoms with Gasteiger partial charge in [0.25, 0.3) is 5.91 Å². The van der Waals surface area contributed by atoms with Crippen LogP contribution in [0, 0.1) is 12.7 Å². The Balaban J connectivity index is 1.86. The van der Waals surface area contributed by atoms with E-state index < -0.39 is 6.04 Å². The summed E-state index contributed by atoms with van der Waals surface area (Å²) >= 11 is 6.06. The van der Waals surface area contributed by atoms with E-state index in [0.29, 0.717) is 22.8 Å². The lowest BCUT2D eigenvalue weighted by Gasteiger charge is -2.31. The molecule has 7 heteroatoms. The van der Waals surface area contributed by atoms with Crippen molar-refractivity contribution in [2.75, 3.05) is 13.7 Å². The maximum absolute atomic E-state index is 13.4. The third-order valence-corrected chi connectivity index (χ3v) is 5.70. The number of aryl methyl sites for hydroxylation is 1. The zero-order valence-electron chi connectivity index (χ0n) is 18.6. The number of nitrogens with one attached hydrogen (secondary N) is 1. The number of carbonyl (C=O) groups excluding carboxylic acids is 2. The van der Waals surface area contributed by atoms with Gasteiger partial charge >= 0.3 is 0 Å². The second-order valence-electron chi connectivity index (χ2n) is 7.67. The molecule has 0 unspecified atom stereocenters. The minimum atomic E-state index is -0.773. The Hall–Kier alpha value is -3.38. The molecule has 2 amide bonds. The number of amides is 2. The molecule has 3 rings (SSSR count). The van der Waals surface area contributed by atoms with Crippen LogP contribution in [0.1, 0.15) is 16.7 Å². The molecule has 0 bridgehead atoms. The number of likely N-dealkylation sites (N-methyl/N-ethyl adjacent to an activating group) is 1. The van der Waals surface area contributed by atoms with Gasteiger partial charge in [0, 0.05) is 25.0 Å². The minimum absolute atomic E-state index is 0.132. The van der Waals surface area contributed by atoms with Crippen molar-refractivity contribution >= 4 is 23.4 Å². The van der Waals surface area contributed by atoms with Crippen molar-refractivity contribution in [3.05, 3.63) is 100 Å². The topological polar surface area (TPSA) is 58.6 Å². The van der Waals surface area contributed by atoms with Crippen LogP contribution in [-0.4, -0.2) is 36.4 Å². The molecule has 172 valence electrons. The third kappa shape index (κ3) is 6.80. The monoisotopic (exact) mass is 468 g/mol. The molecule has 0 saturated carbocycles. The largest absolute Gasteiger partial charge is 0.484 e. The van der Waals surface area contributed by atoms with E-state index in [4.69, 9.17) is 16.3 Å². The molecule has 0 aromatic heterocycles. The first-order valence-corrected chi connectivity index (χ1v) is 10.9. The summed E-state index contributed by atoms with van der Waals surface area (Å²) in [6, 6.07) is 19.7. The van der Waals surface area contributed by atoms with Crippen LogP contribution in [0.15, 0.2) is 72.8 Å². The minimum Gasteiger partial charge on any atom is -0.484 e. The summed E-state index contributed by atoms with van der Waals surface area (Å²) in [7, 11) is 1.54. The van der Waals surface area contributed by atoms with Gasteiger partial charge in [-0.2, -0.15) is 0 Å². The number of ether oxygens (including phenoxy) is 1. The van der Waals surface area contributed by atoms with Gasteiger partial charge in [0.15, 0.2) is 6.61 Å². The maximum atomic E-state index is 13.4. The van der Waals surface area contributed by atoms with Crippen molar-refractivity contribution in [2.45, 2.75) is 25.9 Å². The van der Waals surface area contributed by atoms with E-state index in [2.05, 4.69) is 5.32 Å². The van der Waals surface area contributed by atoms with Crippen LogP contribution in [0.2, 0.25) is 5.02 Å². The fourth-order valence-corrected chi connectivity index (χ4v) is 3.56. The van der Waals surface area contributed by atoms with Crippen LogP contribution >= 0.6 is 11.6 Å². The fourth-order valence-electron chi connectivity index (χ4n) is 3.44. The molecule has 3 aromatic carbocycles. The fraction of sp³-hybridized carbons (Fsp3) is 0.231. The van der Waals surface area contributed by atoms with Crippen molar-refractivity contribution in [3.63, 3.8) is 0 Å². The Labute approximate surface area is 198 Å². The molecule has 0 fully saturated rings. The first-order valence-electron chi connectivity index (χ1n) is 10.6. The number of hydrogen-bond donors (Lipinski definition) is 1. The van der Waals surface area contributed by atoms with Crippen molar-refractivity contribution in [1.82, 2.24) is 10.2 Å². The SMILES string of the molecule is CNC(=O)[C@@H](Cc1ccccc1)N(Cc1ccc(F)cc1)C(=O)COc1ccc(Cl)c(C)c1. The molecule has 0 aliphatic carbocycles. The predicted octanol–water partition coefficient (Wildman–Crippen LogP) is 4.55. The molecular weight excluding hydrogens is 443 g/mol. The molecule has 3 aromatic rings. The van der Waals surface area contributed by atoms with E-state index in [0.717, 1.165) is 11.1 Å². The number of carbonyl (C=O) groups is 2. The van der Waals surface area contributed by atoms with Gasteiger partial charge in [0.1, 0.15) is 17.6 Å². The van der Waals surface area contributed by atoms with E-state index >= 15 is 0 Å². The summed E-state index contributed by atoms with van der Waals surface area (Å²) in [5.74, 6) is -0.523. The summed E-state index contributed by atoms with van der Waals surface area (Å²) < 4.78 is 19.1. The highest BCUT2D eigenvalue weighted by Crippen LogP contribution is 2.21. The number of rotatable bonds is 9. The molecule has 0 radical (unpaired) electrons. The zero-order valence-corrected chi connectivity index (χ0v) is 19.3. The lowest BCUT2D eigenvalue weighted by atomic mass is 10.0. The second kappa shape index (κ2) is 11.5. The van der Waals surface area contributed by atoms with Crippen molar-refractivity contribution in [2.24, 2.45) is 0 Å². The van der Waals surface area contributed by atoms with Gasteiger partial charge in [-0.25, -0.2) is 4.39 Å². The van der Waals surface area contributed by atoms with E-state index in [1.54, 1.807) is 30.3 Å². The highest BCUT2D eigenvalue weighted by molar-refractivity contribution is 6.31. The molecule has 1 atom stereocenters. The quantitative estimate of drug-likeness (QED) is 0.501. The number of hydrogen-bond acceptors (Lipinski definition) is 3. The Morgan fingerprint density at radius 3 is 2.36 bits per heavy atom. The average molecular weight is 469 g/mol. The van der Waals surface area contributed by atoms with Crippen LogP contribution in [-0.2, 0) is 22.6 Å². The maximum Gasteiger partial charge on any atom is 0.261 e. The van der Waals surface area contributed by atoms with Gasteiger partial charge in [-0.1, -0.05) is 54.1 Å². The van der Waals surface area contributed by atoms with Gasteiger partial charge in [0.2, 0.25) is 5.91 Å². The van der Waals surface area contributed by atoms with Crippen LogP contribution in [0.3, 0.4) is 0 Å². The summed E-state index contributed by atoms with van der Waals surface area (Å²) in [4.78, 5) is 27.6. The highest BCUT2D eigenvalue weighted by Gasteiger charge is 2.30. The molecule has 5 nitrogen and oxygen atoms in total. The van der Waals surface area contributed by atoms with Crippen LogP contribution in [0.4, 0.5) is 4.39 Å².